The van der Waals surface area contributed by atoms with Crippen molar-refractivity contribution in [1.29, 1.82) is 0 Å². The molecule has 0 saturated heterocycles. The van der Waals surface area contributed by atoms with Crippen LogP contribution in [0.5, 0.6) is 0 Å². The SMILES string of the molecule is Cc1ccccc1-c1n(-c2c(C(C)C)cc3c(sc4cccnc43)c2C(C)C)c2ccccc2[n+]1C. The Balaban J connectivity index is 1.87. The molecule has 0 radical (unpaired) electrons. The number of aryl methyl sites for hydroxylation is 2. The van der Waals surface area contributed by atoms with E-state index in [9.17, 15) is 0 Å². The maximum absolute atomic E-state index is 4.80. The number of para-hydroxylation sites is 2. The molecule has 0 bridgehead atoms. The standard InChI is InChI=1S/C32H32N3S/c1-19(2)23-18-24-29-27(16-11-17-33-29)36-31(24)28(20(3)4)30(23)35-26-15-10-9-14-25(26)34(6)32(35)22-13-8-7-12-21(22)5/h7-20H,1-6H3/q+1. The topological polar surface area (TPSA) is 21.7 Å². The van der Waals surface area contributed by atoms with E-state index in [4.69, 9.17) is 4.98 Å². The van der Waals surface area contributed by atoms with Crippen LogP contribution >= 0.6 is 11.3 Å². The predicted molar refractivity (Wildman–Crippen MR) is 153 cm³/mol. The number of aromatic nitrogens is 3. The van der Waals surface area contributed by atoms with E-state index in [1.54, 1.807) is 0 Å². The molecule has 6 aromatic rings. The van der Waals surface area contributed by atoms with Gasteiger partial charge < -0.3 is 0 Å². The molecule has 0 spiro atoms. The molecule has 180 valence electrons. The van der Waals surface area contributed by atoms with Crippen LogP contribution in [0.15, 0.2) is 72.9 Å². The van der Waals surface area contributed by atoms with E-state index in [1.807, 2.05) is 23.6 Å². The van der Waals surface area contributed by atoms with E-state index < -0.39 is 0 Å². The van der Waals surface area contributed by atoms with Gasteiger partial charge in [0, 0.05) is 27.4 Å². The van der Waals surface area contributed by atoms with Gasteiger partial charge in [-0.2, -0.15) is 4.57 Å². The largest absolute Gasteiger partial charge is 0.295 e. The number of fused-ring (bicyclic) bond motifs is 4. The molecule has 3 heterocycles. The minimum atomic E-state index is 0.352. The Bertz CT molecular complexity index is 1770. The first-order chi connectivity index (χ1) is 17.4. The molecule has 0 aliphatic carbocycles. The molecule has 0 fully saturated rings. The first-order valence-corrected chi connectivity index (χ1v) is 13.6. The zero-order chi connectivity index (χ0) is 25.1. The van der Waals surface area contributed by atoms with Crippen molar-refractivity contribution in [1.82, 2.24) is 9.55 Å². The molecule has 0 aliphatic heterocycles. The van der Waals surface area contributed by atoms with E-state index in [-0.39, 0.29) is 0 Å². The smallest absolute Gasteiger partial charge is 0.255 e. The van der Waals surface area contributed by atoms with Crippen molar-refractivity contribution in [3.05, 3.63) is 89.6 Å². The molecule has 36 heavy (non-hydrogen) atoms. The quantitative estimate of drug-likeness (QED) is 0.227. The van der Waals surface area contributed by atoms with E-state index in [0.717, 1.165) is 5.52 Å². The molecule has 3 aromatic carbocycles. The van der Waals surface area contributed by atoms with Crippen molar-refractivity contribution >= 4 is 42.7 Å². The first-order valence-electron chi connectivity index (χ1n) is 12.8. The third kappa shape index (κ3) is 3.31. The number of imidazole rings is 1. The summed E-state index contributed by atoms with van der Waals surface area (Å²) >= 11 is 1.88. The van der Waals surface area contributed by atoms with Gasteiger partial charge in [-0.15, -0.1) is 11.3 Å². The van der Waals surface area contributed by atoms with Gasteiger partial charge in [0.2, 0.25) is 0 Å². The van der Waals surface area contributed by atoms with Crippen molar-refractivity contribution in [3.63, 3.8) is 0 Å². The van der Waals surface area contributed by atoms with Gasteiger partial charge in [-0.3, -0.25) is 4.98 Å². The maximum Gasteiger partial charge on any atom is 0.295 e. The number of benzene rings is 3. The number of thiophene rings is 1. The predicted octanol–water partition coefficient (Wildman–Crippen LogP) is 8.44. The average molecular weight is 491 g/mol. The highest BCUT2D eigenvalue weighted by atomic mass is 32.1. The van der Waals surface area contributed by atoms with Crippen LogP contribution in [0.2, 0.25) is 0 Å². The van der Waals surface area contributed by atoms with Gasteiger partial charge in [-0.1, -0.05) is 58.0 Å². The zero-order valence-electron chi connectivity index (χ0n) is 21.8. The Labute approximate surface area is 216 Å². The average Bonchev–Trinajstić information content (AvgIpc) is 3.38. The normalized spacial score (nSPS) is 12.1. The van der Waals surface area contributed by atoms with Crippen LogP contribution < -0.4 is 4.57 Å². The van der Waals surface area contributed by atoms with Gasteiger partial charge in [0.05, 0.1) is 22.8 Å². The molecule has 0 saturated carbocycles. The van der Waals surface area contributed by atoms with Gasteiger partial charge >= 0.3 is 0 Å². The minimum absolute atomic E-state index is 0.352. The second kappa shape index (κ2) is 8.56. The summed E-state index contributed by atoms with van der Waals surface area (Å²) in [6.45, 7) is 11.5. The molecule has 6 rings (SSSR count). The van der Waals surface area contributed by atoms with Crippen molar-refractivity contribution in [2.24, 2.45) is 7.05 Å². The maximum atomic E-state index is 4.80. The van der Waals surface area contributed by atoms with Crippen molar-refractivity contribution in [2.75, 3.05) is 0 Å². The van der Waals surface area contributed by atoms with Crippen LogP contribution in [0, 0.1) is 6.92 Å². The molecule has 0 amide bonds. The Hall–Kier alpha value is -3.50. The van der Waals surface area contributed by atoms with E-state index >= 15 is 0 Å². The van der Waals surface area contributed by atoms with Crippen LogP contribution in [0.1, 0.15) is 56.2 Å². The number of nitrogens with zero attached hydrogens (tertiary/aromatic N) is 3. The van der Waals surface area contributed by atoms with Crippen LogP contribution in [-0.2, 0) is 7.05 Å². The lowest BCUT2D eigenvalue weighted by atomic mass is 9.90. The minimum Gasteiger partial charge on any atom is -0.255 e. The summed E-state index contributed by atoms with van der Waals surface area (Å²) in [5.74, 6) is 1.93. The zero-order valence-corrected chi connectivity index (χ0v) is 22.6. The molecule has 3 aromatic heterocycles. The van der Waals surface area contributed by atoms with Gasteiger partial charge in [0.15, 0.2) is 11.0 Å². The summed E-state index contributed by atoms with van der Waals surface area (Å²) in [5, 5.41) is 1.28. The molecular formula is C32H32N3S+. The summed E-state index contributed by atoms with van der Waals surface area (Å²) in [6.07, 6.45) is 1.92. The Morgan fingerprint density at radius 2 is 1.64 bits per heavy atom. The fourth-order valence-electron chi connectivity index (χ4n) is 5.66. The van der Waals surface area contributed by atoms with Gasteiger partial charge in [0.25, 0.3) is 5.82 Å². The van der Waals surface area contributed by atoms with Crippen molar-refractivity contribution < 1.29 is 4.57 Å². The summed E-state index contributed by atoms with van der Waals surface area (Å²) in [7, 11) is 2.20. The lowest BCUT2D eigenvalue weighted by molar-refractivity contribution is -0.633. The first kappa shape index (κ1) is 22.9. The Morgan fingerprint density at radius 1 is 0.889 bits per heavy atom. The van der Waals surface area contributed by atoms with Crippen molar-refractivity contribution in [3.8, 4) is 17.1 Å². The molecule has 0 aliphatic rings. The van der Waals surface area contributed by atoms with E-state index in [2.05, 4.69) is 111 Å². The fraction of sp³-hybridized carbons (Fsp3) is 0.250. The molecule has 4 heteroatoms. The lowest BCUT2D eigenvalue weighted by Gasteiger charge is -2.20. The summed E-state index contributed by atoms with van der Waals surface area (Å²) < 4.78 is 7.51. The van der Waals surface area contributed by atoms with Gasteiger partial charge in [-0.05, 0) is 60.7 Å². The highest BCUT2D eigenvalue weighted by molar-refractivity contribution is 7.26. The molecule has 0 N–H and O–H groups in total. The number of hydrogen-bond donors (Lipinski definition) is 0. The number of pyridine rings is 1. The second-order valence-electron chi connectivity index (χ2n) is 10.4. The van der Waals surface area contributed by atoms with E-state index in [1.165, 1.54) is 59.6 Å². The monoisotopic (exact) mass is 490 g/mol. The summed E-state index contributed by atoms with van der Waals surface area (Å²) in [4.78, 5) is 4.80. The van der Waals surface area contributed by atoms with Crippen LogP contribution in [0.25, 0.3) is 48.4 Å². The molecule has 0 unspecified atom stereocenters. The van der Waals surface area contributed by atoms with E-state index in [0.29, 0.717) is 11.8 Å². The highest BCUT2D eigenvalue weighted by Gasteiger charge is 2.33. The van der Waals surface area contributed by atoms with Crippen LogP contribution in [-0.4, -0.2) is 9.55 Å². The van der Waals surface area contributed by atoms with Crippen molar-refractivity contribution in [2.45, 2.75) is 46.5 Å². The number of hydrogen-bond acceptors (Lipinski definition) is 2. The van der Waals surface area contributed by atoms with Crippen LogP contribution in [0.3, 0.4) is 0 Å². The Kier molecular flexibility index (Phi) is 5.45. The molecule has 0 atom stereocenters. The highest BCUT2D eigenvalue weighted by Crippen LogP contribution is 2.45. The number of rotatable bonds is 4. The third-order valence-electron chi connectivity index (χ3n) is 7.38. The third-order valence-corrected chi connectivity index (χ3v) is 8.57. The summed E-state index contributed by atoms with van der Waals surface area (Å²) in [6, 6.07) is 24.2. The van der Waals surface area contributed by atoms with Crippen LogP contribution in [0.4, 0.5) is 0 Å². The van der Waals surface area contributed by atoms with Gasteiger partial charge in [0.1, 0.15) is 5.69 Å². The Morgan fingerprint density at radius 3 is 2.39 bits per heavy atom. The summed E-state index contributed by atoms with van der Waals surface area (Å²) in [5.41, 5.74) is 10.2. The molecular weight excluding hydrogens is 458 g/mol. The lowest BCUT2D eigenvalue weighted by Crippen LogP contribution is -2.30. The van der Waals surface area contributed by atoms with Gasteiger partial charge in [-0.25, -0.2) is 4.57 Å². The fourth-order valence-corrected chi connectivity index (χ4v) is 6.99. The second-order valence-corrected chi connectivity index (χ2v) is 11.4. The molecule has 3 nitrogen and oxygen atoms in total.